The monoisotopic (exact) mass is 385 g/mol. The van der Waals surface area contributed by atoms with Crippen LogP contribution in [0.3, 0.4) is 0 Å². The predicted molar refractivity (Wildman–Crippen MR) is 93.2 cm³/mol. The van der Waals surface area contributed by atoms with Crippen molar-refractivity contribution in [2.75, 3.05) is 25.0 Å². The molecule has 1 aromatic rings. The van der Waals surface area contributed by atoms with Gasteiger partial charge in [-0.15, -0.1) is 0 Å². The fourth-order valence-corrected chi connectivity index (χ4v) is 2.75. The van der Waals surface area contributed by atoms with Gasteiger partial charge in [-0.25, -0.2) is 0 Å². The Morgan fingerprint density at radius 3 is 2.63 bits per heavy atom. The van der Waals surface area contributed by atoms with Crippen LogP contribution in [0.15, 0.2) is 18.2 Å². The third-order valence-electron chi connectivity index (χ3n) is 4.23. The lowest BCUT2D eigenvalue weighted by Gasteiger charge is -2.20. The van der Waals surface area contributed by atoms with Crippen LogP contribution in [0.1, 0.15) is 41.6 Å². The second-order valence-corrected chi connectivity index (χ2v) is 6.50. The van der Waals surface area contributed by atoms with Crippen molar-refractivity contribution < 1.29 is 27.6 Å². The highest BCUT2D eigenvalue weighted by Crippen LogP contribution is 2.18. The number of alkyl halides is 3. The van der Waals surface area contributed by atoms with Crippen LogP contribution in [-0.4, -0.2) is 48.4 Å². The van der Waals surface area contributed by atoms with Gasteiger partial charge in [0.2, 0.25) is 11.8 Å². The van der Waals surface area contributed by atoms with E-state index in [0.717, 1.165) is 19.3 Å². The molecule has 9 heteroatoms. The number of amides is 3. The van der Waals surface area contributed by atoms with E-state index in [0.29, 0.717) is 24.2 Å². The third-order valence-corrected chi connectivity index (χ3v) is 4.23. The Morgan fingerprint density at radius 1 is 1.19 bits per heavy atom. The quantitative estimate of drug-likeness (QED) is 0.818. The number of anilines is 1. The van der Waals surface area contributed by atoms with Crippen molar-refractivity contribution in [3.05, 3.63) is 29.3 Å². The number of nitrogens with one attached hydrogen (secondary N) is 2. The number of carbonyl (C=O) groups is 3. The van der Waals surface area contributed by atoms with Crippen molar-refractivity contribution in [2.24, 2.45) is 0 Å². The predicted octanol–water partition coefficient (Wildman–Crippen LogP) is 2.63. The zero-order chi connectivity index (χ0) is 20.0. The van der Waals surface area contributed by atoms with Gasteiger partial charge in [0.1, 0.15) is 6.54 Å². The maximum absolute atomic E-state index is 12.3. The molecule has 1 saturated heterocycles. The van der Waals surface area contributed by atoms with E-state index in [1.165, 1.54) is 23.1 Å². The van der Waals surface area contributed by atoms with Crippen LogP contribution in [0.4, 0.5) is 18.9 Å². The number of carbonyl (C=O) groups excluding carboxylic acids is 3. The third kappa shape index (κ3) is 6.58. The minimum Gasteiger partial charge on any atom is -0.343 e. The van der Waals surface area contributed by atoms with Crippen LogP contribution in [0.2, 0.25) is 0 Å². The van der Waals surface area contributed by atoms with E-state index in [9.17, 15) is 27.6 Å². The number of rotatable bonds is 5. The van der Waals surface area contributed by atoms with Crippen molar-refractivity contribution >= 4 is 23.4 Å². The Balaban J connectivity index is 2.01. The summed E-state index contributed by atoms with van der Waals surface area (Å²) >= 11 is 0. The van der Waals surface area contributed by atoms with Crippen molar-refractivity contribution in [3.63, 3.8) is 0 Å². The average Bonchev–Trinajstić information content (AvgIpc) is 2.78. The molecule has 1 aliphatic heterocycles. The van der Waals surface area contributed by atoms with Crippen LogP contribution < -0.4 is 10.6 Å². The number of nitrogens with zero attached hydrogens (tertiary/aromatic N) is 1. The maximum Gasteiger partial charge on any atom is 0.405 e. The van der Waals surface area contributed by atoms with E-state index >= 15 is 0 Å². The topological polar surface area (TPSA) is 78.5 Å². The molecule has 0 aromatic heterocycles. The van der Waals surface area contributed by atoms with Crippen LogP contribution in [0.5, 0.6) is 0 Å². The van der Waals surface area contributed by atoms with Crippen molar-refractivity contribution in [1.82, 2.24) is 10.2 Å². The van der Waals surface area contributed by atoms with Crippen LogP contribution in [0.25, 0.3) is 0 Å². The fraction of sp³-hybridized carbons (Fsp3) is 0.500. The summed E-state index contributed by atoms with van der Waals surface area (Å²) in [7, 11) is 0. The summed E-state index contributed by atoms with van der Waals surface area (Å²) < 4.78 is 36.7. The number of likely N-dealkylation sites (tertiary alicyclic amines) is 1. The van der Waals surface area contributed by atoms with Gasteiger partial charge < -0.3 is 15.5 Å². The van der Waals surface area contributed by atoms with Gasteiger partial charge in [-0.3, -0.25) is 14.4 Å². The molecule has 1 aromatic carbocycles. The first kappa shape index (κ1) is 20.7. The van der Waals surface area contributed by atoms with Gasteiger partial charge in [0.25, 0.3) is 5.91 Å². The Labute approximate surface area is 155 Å². The SMILES string of the molecule is Cc1ccc(C(=O)NCC(F)(F)F)cc1NC(=O)CN1CCCCCC1=O. The Morgan fingerprint density at radius 2 is 1.93 bits per heavy atom. The molecule has 0 aliphatic carbocycles. The van der Waals surface area contributed by atoms with E-state index in [4.69, 9.17) is 0 Å². The van der Waals surface area contributed by atoms with Gasteiger partial charge >= 0.3 is 6.18 Å². The molecule has 2 N–H and O–H groups in total. The number of hydrogen-bond acceptors (Lipinski definition) is 3. The number of benzene rings is 1. The van der Waals surface area contributed by atoms with E-state index in [1.54, 1.807) is 12.2 Å². The molecule has 2 rings (SSSR count). The Bertz CT molecular complexity index is 720. The highest BCUT2D eigenvalue weighted by molar-refractivity contribution is 5.99. The molecule has 6 nitrogen and oxygen atoms in total. The summed E-state index contributed by atoms with van der Waals surface area (Å²) in [6, 6.07) is 4.24. The van der Waals surface area contributed by atoms with Crippen LogP contribution in [-0.2, 0) is 9.59 Å². The van der Waals surface area contributed by atoms with E-state index in [2.05, 4.69) is 5.32 Å². The molecule has 1 aliphatic rings. The Hall–Kier alpha value is -2.58. The molecule has 27 heavy (non-hydrogen) atoms. The minimum atomic E-state index is -4.50. The number of aryl methyl sites for hydroxylation is 1. The summed E-state index contributed by atoms with van der Waals surface area (Å²) in [6.45, 7) is 0.691. The molecule has 0 unspecified atom stereocenters. The summed E-state index contributed by atoms with van der Waals surface area (Å²) in [4.78, 5) is 37.6. The van der Waals surface area contributed by atoms with Gasteiger partial charge in [0.05, 0.1) is 6.54 Å². The van der Waals surface area contributed by atoms with Gasteiger partial charge in [-0.2, -0.15) is 13.2 Å². The first-order chi connectivity index (χ1) is 12.7. The summed E-state index contributed by atoms with van der Waals surface area (Å²) in [6.07, 6.45) is -1.49. The molecule has 148 valence electrons. The standard InChI is InChI=1S/C18H22F3N3O3/c1-12-6-7-13(17(27)22-11-18(19,20)21)9-14(12)23-15(25)10-24-8-4-2-3-5-16(24)26/h6-7,9H,2-5,8,10-11H2,1H3,(H,22,27)(H,23,25). The zero-order valence-electron chi connectivity index (χ0n) is 15.0. The second-order valence-electron chi connectivity index (χ2n) is 6.50. The van der Waals surface area contributed by atoms with Gasteiger partial charge in [-0.05, 0) is 37.5 Å². The minimum absolute atomic E-state index is 0.00555. The van der Waals surface area contributed by atoms with Gasteiger partial charge in [-0.1, -0.05) is 12.5 Å². The highest BCUT2D eigenvalue weighted by atomic mass is 19.4. The number of halogens is 3. The molecule has 0 atom stereocenters. The van der Waals surface area contributed by atoms with Crippen LogP contribution in [0, 0.1) is 6.92 Å². The number of hydrogen-bond donors (Lipinski definition) is 2. The maximum atomic E-state index is 12.3. The van der Waals surface area contributed by atoms with Crippen molar-refractivity contribution in [1.29, 1.82) is 0 Å². The van der Waals surface area contributed by atoms with Gasteiger partial charge in [0, 0.05) is 24.2 Å². The zero-order valence-corrected chi connectivity index (χ0v) is 15.0. The summed E-state index contributed by atoms with van der Waals surface area (Å²) in [5.74, 6) is -1.37. The summed E-state index contributed by atoms with van der Waals surface area (Å²) in [5, 5.41) is 4.42. The average molecular weight is 385 g/mol. The van der Waals surface area contributed by atoms with E-state index in [1.807, 2.05) is 0 Å². The van der Waals surface area contributed by atoms with Crippen molar-refractivity contribution in [3.8, 4) is 0 Å². The lowest BCUT2D eigenvalue weighted by atomic mass is 10.1. The first-order valence-corrected chi connectivity index (χ1v) is 8.69. The van der Waals surface area contributed by atoms with Crippen molar-refractivity contribution in [2.45, 2.75) is 38.8 Å². The molecule has 0 radical (unpaired) electrons. The van der Waals surface area contributed by atoms with Crippen LogP contribution >= 0.6 is 0 Å². The largest absolute Gasteiger partial charge is 0.405 e. The molecule has 1 heterocycles. The highest BCUT2D eigenvalue weighted by Gasteiger charge is 2.28. The second kappa shape index (κ2) is 8.88. The fourth-order valence-electron chi connectivity index (χ4n) is 2.75. The van der Waals surface area contributed by atoms with E-state index in [-0.39, 0.29) is 18.0 Å². The molecular formula is C18H22F3N3O3. The molecule has 0 bridgehead atoms. The smallest absolute Gasteiger partial charge is 0.343 e. The molecule has 1 fully saturated rings. The summed E-state index contributed by atoms with van der Waals surface area (Å²) in [5.41, 5.74) is 0.978. The normalized spacial score (nSPS) is 15.3. The van der Waals surface area contributed by atoms with Gasteiger partial charge in [0.15, 0.2) is 0 Å². The molecule has 0 spiro atoms. The molecular weight excluding hydrogens is 363 g/mol. The molecule has 0 saturated carbocycles. The Kier molecular flexibility index (Phi) is 6.81. The first-order valence-electron chi connectivity index (χ1n) is 8.69. The lowest BCUT2D eigenvalue weighted by Crippen LogP contribution is -2.37. The molecule has 3 amide bonds. The lowest BCUT2D eigenvalue weighted by molar-refractivity contribution is -0.134. The van der Waals surface area contributed by atoms with E-state index < -0.39 is 24.5 Å².